The summed E-state index contributed by atoms with van der Waals surface area (Å²) in [5.41, 5.74) is 2.59. The molecule has 0 saturated heterocycles. The second kappa shape index (κ2) is 2.54. The Hall–Kier alpha value is -0.470. The van der Waals surface area contributed by atoms with Gasteiger partial charge in [0, 0.05) is 10.8 Å². The van der Waals surface area contributed by atoms with Crippen molar-refractivity contribution < 1.29 is 5.11 Å². The maximum absolute atomic E-state index is 8.90. The Morgan fingerprint density at radius 1 is 1.55 bits per heavy atom. The zero-order chi connectivity index (χ0) is 7.84. The Morgan fingerprint density at radius 2 is 2.36 bits per heavy atom. The van der Waals surface area contributed by atoms with Gasteiger partial charge in [-0.3, -0.25) is 0 Å². The Bertz CT molecular complexity index is 283. The van der Waals surface area contributed by atoms with Crippen LogP contribution in [0.1, 0.15) is 17.0 Å². The van der Waals surface area contributed by atoms with Crippen LogP contribution >= 0.6 is 12.6 Å². The highest BCUT2D eigenvalue weighted by Crippen LogP contribution is 2.37. The molecule has 0 spiro atoms. The SMILES string of the molecule is OCC1Cc2c(S)cccc21. The summed E-state index contributed by atoms with van der Waals surface area (Å²) in [6, 6.07) is 6.05. The molecule has 11 heavy (non-hydrogen) atoms. The summed E-state index contributed by atoms with van der Waals surface area (Å²) in [6.07, 6.45) is 0.992. The van der Waals surface area contributed by atoms with Gasteiger partial charge in [-0.2, -0.15) is 0 Å². The van der Waals surface area contributed by atoms with Crippen LogP contribution in [0.3, 0.4) is 0 Å². The van der Waals surface area contributed by atoms with Crippen molar-refractivity contribution in [2.24, 2.45) is 0 Å². The van der Waals surface area contributed by atoms with Gasteiger partial charge in [0.25, 0.3) is 0 Å². The molecule has 0 aliphatic heterocycles. The zero-order valence-corrected chi connectivity index (χ0v) is 7.01. The molecule has 1 nitrogen and oxygen atoms in total. The summed E-state index contributed by atoms with van der Waals surface area (Å²) in [5.74, 6) is 0.372. The molecule has 0 bridgehead atoms. The van der Waals surface area contributed by atoms with Crippen LogP contribution in [0.4, 0.5) is 0 Å². The number of aliphatic hydroxyl groups excluding tert-OH is 1. The van der Waals surface area contributed by atoms with Gasteiger partial charge < -0.3 is 5.11 Å². The minimum absolute atomic E-state index is 0.268. The number of benzene rings is 1. The predicted octanol–water partition coefficient (Wildman–Crippen LogP) is 1.61. The van der Waals surface area contributed by atoms with Gasteiger partial charge in [-0.05, 0) is 23.6 Å². The molecule has 1 aliphatic carbocycles. The third-order valence-corrected chi connectivity index (χ3v) is 2.72. The van der Waals surface area contributed by atoms with E-state index in [1.165, 1.54) is 11.1 Å². The fourth-order valence-electron chi connectivity index (χ4n) is 1.59. The first kappa shape index (κ1) is 7.19. The molecule has 1 atom stereocenters. The number of thiol groups is 1. The van der Waals surface area contributed by atoms with Crippen LogP contribution in [0.25, 0.3) is 0 Å². The number of fused-ring (bicyclic) bond motifs is 1. The second-order valence-electron chi connectivity index (χ2n) is 2.93. The van der Waals surface area contributed by atoms with E-state index in [9.17, 15) is 0 Å². The van der Waals surface area contributed by atoms with Crippen LogP contribution in [0.2, 0.25) is 0 Å². The third-order valence-electron chi connectivity index (χ3n) is 2.30. The van der Waals surface area contributed by atoms with Crippen molar-refractivity contribution in [1.29, 1.82) is 0 Å². The molecular formula is C9H10OS. The minimum Gasteiger partial charge on any atom is -0.396 e. The number of hydrogen-bond acceptors (Lipinski definition) is 2. The molecule has 2 heteroatoms. The van der Waals surface area contributed by atoms with Crippen molar-refractivity contribution >= 4 is 12.6 Å². The molecule has 0 radical (unpaired) electrons. The summed E-state index contributed by atoms with van der Waals surface area (Å²) in [7, 11) is 0. The monoisotopic (exact) mass is 166 g/mol. The molecule has 1 unspecified atom stereocenters. The highest BCUT2D eigenvalue weighted by Gasteiger charge is 2.26. The van der Waals surface area contributed by atoms with Crippen LogP contribution in [-0.4, -0.2) is 11.7 Å². The summed E-state index contributed by atoms with van der Waals surface area (Å²) in [5, 5.41) is 8.90. The molecule has 1 aromatic carbocycles. The Morgan fingerprint density at radius 3 is 3.09 bits per heavy atom. The maximum Gasteiger partial charge on any atom is 0.0503 e. The van der Waals surface area contributed by atoms with Crippen molar-refractivity contribution in [3.05, 3.63) is 29.3 Å². The van der Waals surface area contributed by atoms with E-state index in [-0.39, 0.29) is 6.61 Å². The normalized spacial score (nSPS) is 20.7. The van der Waals surface area contributed by atoms with Crippen molar-refractivity contribution in [1.82, 2.24) is 0 Å². The van der Waals surface area contributed by atoms with Crippen LogP contribution in [0.5, 0.6) is 0 Å². The van der Waals surface area contributed by atoms with Gasteiger partial charge in [0.15, 0.2) is 0 Å². The lowest BCUT2D eigenvalue weighted by Gasteiger charge is -2.29. The van der Waals surface area contributed by atoms with Crippen LogP contribution in [0.15, 0.2) is 23.1 Å². The summed E-state index contributed by atoms with van der Waals surface area (Å²) < 4.78 is 0. The highest BCUT2D eigenvalue weighted by molar-refractivity contribution is 7.80. The Labute approximate surface area is 71.5 Å². The van der Waals surface area contributed by atoms with Crippen molar-refractivity contribution in [2.45, 2.75) is 17.2 Å². The highest BCUT2D eigenvalue weighted by atomic mass is 32.1. The minimum atomic E-state index is 0.268. The third kappa shape index (κ3) is 0.976. The lowest BCUT2D eigenvalue weighted by Crippen LogP contribution is -2.20. The lowest BCUT2D eigenvalue weighted by molar-refractivity contribution is 0.252. The van der Waals surface area contributed by atoms with E-state index in [1.807, 2.05) is 12.1 Å². The van der Waals surface area contributed by atoms with Crippen LogP contribution in [0, 0.1) is 0 Å². The van der Waals surface area contributed by atoms with Crippen molar-refractivity contribution in [3.63, 3.8) is 0 Å². The fourth-order valence-corrected chi connectivity index (χ4v) is 1.89. The molecule has 0 aromatic heterocycles. The standard InChI is InChI=1S/C9H10OS/c10-5-6-4-8-7(6)2-1-3-9(8)11/h1-3,6,10-11H,4-5H2. The largest absolute Gasteiger partial charge is 0.396 e. The first-order chi connectivity index (χ1) is 5.33. The molecule has 58 valence electrons. The second-order valence-corrected chi connectivity index (χ2v) is 3.41. The van der Waals surface area contributed by atoms with E-state index in [0.717, 1.165) is 11.3 Å². The molecular weight excluding hydrogens is 156 g/mol. The van der Waals surface area contributed by atoms with Gasteiger partial charge in [0.1, 0.15) is 0 Å². The van der Waals surface area contributed by atoms with E-state index in [0.29, 0.717) is 5.92 Å². The van der Waals surface area contributed by atoms with E-state index in [2.05, 4.69) is 18.7 Å². The summed E-state index contributed by atoms with van der Waals surface area (Å²) >= 11 is 4.32. The van der Waals surface area contributed by atoms with E-state index < -0.39 is 0 Å². The number of aliphatic hydroxyl groups is 1. The molecule has 2 rings (SSSR count). The van der Waals surface area contributed by atoms with Crippen molar-refractivity contribution in [2.75, 3.05) is 6.61 Å². The van der Waals surface area contributed by atoms with Crippen LogP contribution in [-0.2, 0) is 6.42 Å². The molecule has 1 N–H and O–H groups in total. The molecule has 0 fully saturated rings. The van der Waals surface area contributed by atoms with Gasteiger partial charge >= 0.3 is 0 Å². The van der Waals surface area contributed by atoms with E-state index in [4.69, 9.17) is 5.11 Å². The lowest BCUT2D eigenvalue weighted by atomic mass is 9.78. The molecule has 0 heterocycles. The molecule has 1 aromatic rings. The molecule has 0 amide bonds. The van der Waals surface area contributed by atoms with Gasteiger partial charge in [-0.15, -0.1) is 12.6 Å². The maximum atomic E-state index is 8.90. The van der Waals surface area contributed by atoms with Gasteiger partial charge in [-0.25, -0.2) is 0 Å². The van der Waals surface area contributed by atoms with Crippen molar-refractivity contribution in [3.8, 4) is 0 Å². The van der Waals surface area contributed by atoms with Gasteiger partial charge in [0.2, 0.25) is 0 Å². The number of rotatable bonds is 1. The smallest absolute Gasteiger partial charge is 0.0503 e. The zero-order valence-electron chi connectivity index (χ0n) is 6.12. The fraction of sp³-hybridized carbons (Fsp3) is 0.333. The predicted molar refractivity (Wildman–Crippen MR) is 47.2 cm³/mol. The van der Waals surface area contributed by atoms with E-state index >= 15 is 0 Å². The summed E-state index contributed by atoms with van der Waals surface area (Å²) in [6.45, 7) is 0.268. The average Bonchev–Trinajstić information content (AvgIpc) is 1.95. The molecule has 0 saturated carbocycles. The van der Waals surface area contributed by atoms with Crippen LogP contribution < -0.4 is 0 Å². The Kier molecular flexibility index (Phi) is 1.66. The molecule has 1 aliphatic rings. The van der Waals surface area contributed by atoms with Gasteiger partial charge in [0.05, 0.1) is 6.61 Å². The first-order valence-corrected chi connectivity index (χ1v) is 4.19. The Balaban J connectivity index is 2.41. The first-order valence-electron chi connectivity index (χ1n) is 3.74. The summed E-state index contributed by atoms with van der Waals surface area (Å²) in [4.78, 5) is 1.06. The van der Waals surface area contributed by atoms with E-state index in [1.54, 1.807) is 0 Å². The average molecular weight is 166 g/mol. The quantitative estimate of drug-likeness (QED) is 0.607. The van der Waals surface area contributed by atoms with Gasteiger partial charge in [-0.1, -0.05) is 12.1 Å². The number of hydrogen-bond donors (Lipinski definition) is 2. The topological polar surface area (TPSA) is 20.2 Å².